The fourth-order valence-electron chi connectivity index (χ4n) is 3.34. The minimum Gasteiger partial charge on any atom is -0.394 e. The van der Waals surface area contributed by atoms with Crippen LogP contribution in [0.1, 0.15) is 10.4 Å². The first kappa shape index (κ1) is 18.9. The van der Waals surface area contributed by atoms with E-state index in [-0.39, 0.29) is 18.2 Å². The molecule has 0 saturated carbocycles. The quantitative estimate of drug-likeness (QED) is 0.366. The zero-order valence-electron chi connectivity index (χ0n) is 15.7. The minimum atomic E-state index is -0.287. The molecule has 0 aliphatic rings. The van der Waals surface area contributed by atoms with Gasteiger partial charge in [-0.25, -0.2) is 9.83 Å². The Morgan fingerprint density at radius 3 is 2.97 bits per heavy atom. The normalized spacial score (nSPS) is 12.0. The van der Waals surface area contributed by atoms with E-state index in [1.807, 2.05) is 24.4 Å². The van der Waals surface area contributed by atoms with Crippen molar-refractivity contribution < 1.29 is 5.11 Å². The lowest BCUT2D eigenvalue weighted by molar-refractivity contribution is 0.274. The maximum atomic E-state index is 12.6. The lowest BCUT2D eigenvalue weighted by Gasteiger charge is -2.18. The average Bonchev–Trinajstić information content (AvgIpc) is 3.37. The average molecular weight is 405 g/mol. The van der Waals surface area contributed by atoms with Crippen LogP contribution in [0.5, 0.6) is 0 Å². The second-order valence-corrected chi connectivity index (χ2v) is 7.79. The van der Waals surface area contributed by atoms with Gasteiger partial charge in [-0.05, 0) is 36.1 Å². The third kappa shape index (κ3) is 3.78. The summed E-state index contributed by atoms with van der Waals surface area (Å²) in [7, 11) is 0. The van der Waals surface area contributed by atoms with E-state index >= 15 is 0 Å². The molecule has 146 valence electrons. The zero-order valence-corrected chi connectivity index (χ0v) is 16.5. The van der Waals surface area contributed by atoms with E-state index in [2.05, 4.69) is 25.1 Å². The molecule has 0 saturated heterocycles. The fraction of sp³-hybridized carbons (Fsp3) is 0.190. The van der Waals surface area contributed by atoms with E-state index in [1.54, 1.807) is 35.7 Å². The summed E-state index contributed by atoms with van der Waals surface area (Å²) in [5.41, 5.74) is 3.48. The molecule has 0 radical (unpaired) electrons. The molecule has 4 rings (SSSR count). The number of aliphatic hydroxyl groups excluding tert-OH is 1. The summed E-state index contributed by atoms with van der Waals surface area (Å²) in [6.07, 6.45) is 2.22. The van der Waals surface area contributed by atoms with Crippen LogP contribution in [-0.2, 0) is 6.42 Å². The number of aryl methyl sites for hydroxylation is 1. The first-order valence-corrected chi connectivity index (χ1v) is 9.96. The van der Waals surface area contributed by atoms with Gasteiger partial charge in [-0.15, -0.1) is 11.3 Å². The lowest BCUT2D eigenvalue weighted by Crippen LogP contribution is -2.27. The smallest absolute Gasteiger partial charge is 0.261 e. The first-order valence-electron chi connectivity index (χ1n) is 9.08. The number of fused-ring (bicyclic) bond motifs is 1. The van der Waals surface area contributed by atoms with Crippen LogP contribution in [0.15, 0.2) is 46.7 Å². The van der Waals surface area contributed by atoms with E-state index in [0.29, 0.717) is 34.7 Å². The molecule has 29 heavy (non-hydrogen) atoms. The summed E-state index contributed by atoms with van der Waals surface area (Å²) in [5, 5.41) is 15.1. The van der Waals surface area contributed by atoms with Crippen molar-refractivity contribution in [3.05, 3.63) is 74.1 Å². The van der Waals surface area contributed by atoms with Gasteiger partial charge in [0.2, 0.25) is 0 Å². The Kier molecular flexibility index (Phi) is 5.16. The number of hydrogen-bond acceptors (Lipinski definition) is 5. The molecule has 0 unspecified atom stereocenters. The van der Waals surface area contributed by atoms with Gasteiger partial charge in [0.25, 0.3) is 5.56 Å². The molecule has 0 spiro atoms. The Morgan fingerprint density at radius 2 is 2.24 bits per heavy atom. The molecule has 3 aromatic heterocycles. The number of benzene rings is 1. The fourth-order valence-corrected chi connectivity index (χ4v) is 4.13. The highest BCUT2D eigenvalue weighted by Gasteiger charge is 2.18. The van der Waals surface area contributed by atoms with Crippen molar-refractivity contribution >= 4 is 33.7 Å². The Hall–Kier alpha value is -3.41. The standard InChI is InChI=1S/C21H19N5O2S/c1-12-8-13(22-2)10-17-19(12)26-20(25-17)18-16(5-6-23-21(18)28)24-14(11-27)9-15-4-3-7-29-15/h3-8,10,14,27H,9,11H2,1H3,(H,25,26)(H2,23,24,28)/t14-/m0/s1. The highest BCUT2D eigenvalue weighted by Crippen LogP contribution is 2.29. The largest absolute Gasteiger partial charge is 0.394 e. The van der Waals surface area contributed by atoms with Crippen LogP contribution in [0.25, 0.3) is 27.3 Å². The van der Waals surface area contributed by atoms with Gasteiger partial charge >= 0.3 is 0 Å². The number of hydrogen-bond donors (Lipinski definition) is 4. The molecule has 0 amide bonds. The third-order valence-electron chi connectivity index (χ3n) is 4.70. The number of aromatic amines is 2. The molecule has 4 N–H and O–H groups in total. The van der Waals surface area contributed by atoms with Crippen LogP contribution in [0, 0.1) is 13.5 Å². The molecule has 3 heterocycles. The van der Waals surface area contributed by atoms with Gasteiger partial charge in [-0.3, -0.25) is 4.79 Å². The van der Waals surface area contributed by atoms with Crippen LogP contribution in [0.4, 0.5) is 11.4 Å². The molecule has 0 fully saturated rings. The van der Waals surface area contributed by atoms with Gasteiger partial charge < -0.3 is 20.4 Å². The van der Waals surface area contributed by atoms with Crippen LogP contribution in [0.2, 0.25) is 0 Å². The highest BCUT2D eigenvalue weighted by molar-refractivity contribution is 7.09. The number of H-pyrrole nitrogens is 2. The number of aromatic nitrogens is 3. The van der Waals surface area contributed by atoms with Crippen LogP contribution in [0.3, 0.4) is 0 Å². The number of imidazole rings is 1. The summed E-state index contributed by atoms with van der Waals surface area (Å²) < 4.78 is 0. The molecular weight excluding hydrogens is 386 g/mol. The Labute approximate surface area is 170 Å². The molecule has 8 heteroatoms. The monoisotopic (exact) mass is 405 g/mol. The SMILES string of the molecule is [C-]#[N+]c1cc(C)c2nc(-c3c(N[C@H](CO)Cc4cccs4)cc[nH]c3=O)[nH]c2c1. The molecule has 0 bridgehead atoms. The van der Waals surface area contributed by atoms with Crippen molar-refractivity contribution in [2.75, 3.05) is 11.9 Å². The second kappa shape index (κ2) is 7.91. The minimum absolute atomic E-state index is 0.0717. The van der Waals surface area contributed by atoms with Gasteiger partial charge in [-0.1, -0.05) is 12.1 Å². The summed E-state index contributed by atoms with van der Waals surface area (Å²) in [4.78, 5) is 27.7. The van der Waals surface area contributed by atoms with Gasteiger partial charge in [0, 0.05) is 17.5 Å². The van der Waals surface area contributed by atoms with Crippen molar-refractivity contribution in [1.82, 2.24) is 15.0 Å². The highest BCUT2D eigenvalue weighted by atomic mass is 32.1. The Bertz CT molecular complexity index is 1250. The molecule has 4 aromatic rings. The summed E-state index contributed by atoms with van der Waals surface area (Å²) in [6, 6.07) is 9.01. The topological polar surface area (TPSA) is 98.2 Å². The molecular formula is C21H19N5O2S. The summed E-state index contributed by atoms with van der Waals surface area (Å²) >= 11 is 1.63. The lowest BCUT2D eigenvalue weighted by atomic mass is 10.1. The van der Waals surface area contributed by atoms with Gasteiger partial charge in [0.15, 0.2) is 5.69 Å². The van der Waals surface area contributed by atoms with E-state index in [0.717, 1.165) is 16.0 Å². The summed E-state index contributed by atoms with van der Waals surface area (Å²) in [6.45, 7) is 9.05. The van der Waals surface area contributed by atoms with Crippen molar-refractivity contribution in [3.8, 4) is 11.4 Å². The van der Waals surface area contributed by atoms with Gasteiger partial charge in [0.1, 0.15) is 11.4 Å². The molecule has 0 aliphatic carbocycles. The van der Waals surface area contributed by atoms with Crippen molar-refractivity contribution in [2.45, 2.75) is 19.4 Å². The molecule has 7 nitrogen and oxygen atoms in total. The third-order valence-corrected chi connectivity index (χ3v) is 5.60. The van der Waals surface area contributed by atoms with E-state index in [4.69, 9.17) is 6.57 Å². The maximum absolute atomic E-state index is 12.6. The molecule has 1 atom stereocenters. The Balaban J connectivity index is 1.75. The number of aliphatic hydroxyl groups is 1. The van der Waals surface area contributed by atoms with Crippen molar-refractivity contribution in [2.24, 2.45) is 0 Å². The number of thiophene rings is 1. The predicted molar refractivity (Wildman–Crippen MR) is 116 cm³/mol. The second-order valence-electron chi connectivity index (χ2n) is 6.76. The maximum Gasteiger partial charge on any atom is 0.261 e. The van der Waals surface area contributed by atoms with E-state index in [1.165, 1.54) is 0 Å². The van der Waals surface area contributed by atoms with Crippen molar-refractivity contribution in [1.29, 1.82) is 0 Å². The van der Waals surface area contributed by atoms with Crippen LogP contribution >= 0.6 is 11.3 Å². The first-order chi connectivity index (χ1) is 14.1. The molecule has 1 aromatic carbocycles. The van der Waals surface area contributed by atoms with Crippen molar-refractivity contribution in [3.63, 3.8) is 0 Å². The number of nitrogens with zero attached hydrogens (tertiary/aromatic N) is 2. The van der Waals surface area contributed by atoms with E-state index < -0.39 is 0 Å². The van der Waals surface area contributed by atoms with Crippen LogP contribution < -0.4 is 10.9 Å². The predicted octanol–water partition coefficient (Wildman–Crippen LogP) is 3.85. The molecule has 0 aliphatic heterocycles. The number of nitrogens with one attached hydrogen (secondary N) is 3. The van der Waals surface area contributed by atoms with Gasteiger partial charge in [0.05, 0.1) is 35.9 Å². The van der Waals surface area contributed by atoms with Crippen LogP contribution in [-0.4, -0.2) is 32.7 Å². The number of pyridine rings is 1. The number of rotatable bonds is 6. The van der Waals surface area contributed by atoms with E-state index in [9.17, 15) is 9.90 Å². The van der Waals surface area contributed by atoms with Gasteiger partial charge in [-0.2, -0.15) is 0 Å². The Morgan fingerprint density at radius 1 is 1.38 bits per heavy atom. The zero-order chi connectivity index (χ0) is 20.4. The summed E-state index contributed by atoms with van der Waals surface area (Å²) in [5.74, 6) is 0.419. The number of anilines is 1.